The first-order valence-corrected chi connectivity index (χ1v) is 12.9. The van der Waals surface area contributed by atoms with Gasteiger partial charge in [0.1, 0.15) is 29.0 Å². The van der Waals surface area contributed by atoms with Crippen LogP contribution in [0, 0.1) is 5.82 Å². The summed E-state index contributed by atoms with van der Waals surface area (Å²) in [5, 5.41) is 31.7. The van der Waals surface area contributed by atoms with Gasteiger partial charge in [-0.05, 0) is 66.4 Å². The number of nitrogens with zero attached hydrogens (tertiary/aromatic N) is 3. The topological polar surface area (TPSA) is 123 Å². The van der Waals surface area contributed by atoms with E-state index in [1.807, 2.05) is 42.5 Å². The molecule has 6 aromatic rings. The summed E-state index contributed by atoms with van der Waals surface area (Å²) in [7, 11) is 0. The molecule has 1 atom stereocenters. The zero-order chi connectivity index (χ0) is 26.9. The third-order valence-electron chi connectivity index (χ3n) is 6.72. The number of H-pyrrole nitrogens is 2. The fourth-order valence-electron chi connectivity index (χ4n) is 4.83. The number of unbranched alkanes of at least 4 members (excludes halogenated alkanes) is 1. The highest BCUT2D eigenvalue weighted by atomic mass is 19.1. The van der Waals surface area contributed by atoms with Crippen LogP contribution in [0.25, 0.3) is 55.7 Å². The van der Waals surface area contributed by atoms with E-state index >= 15 is 0 Å². The number of aliphatic hydroxyl groups is 1. The van der Waals surface area contributed by atoms with Crippen LogP contribution in [0.3, 0.4) is 0 Å². The van der Waals surface area contributed by atoms with Gasteiger partial charge in [-0.15, -0.1) is 0 Å². The molecule has 8 nitrogen and oxygen atoms in total. The highest BCUT2D eigenvalue weighted by Crippen LogP contribution is 2.35. The van der Waals surface area contributed by atoms with Crippen LogP contribution >= 0.6 is 0 Å². The predicted molar refractivity (Wildman–Crippen MR) is 151 cm³/mol. The van der Waals surface area contributed by atoms with Crippen molar-refractivity contribution in [2.24, 2.45) is 0 Å². The maximum absolute atomic E-state index is 14.0. The van der Waals surface area contributed by atoms with Crippen LogP contribution in [0.15, 0.2) is 73.1 Å². The van der Waals surface area contributed by atoms with Crippen molar-refractivity contribution >= 4 is 27.6 Å². The van der Waals surface area contributed by atoms with E-state index in [9.17, 15) is 14.6 Å². The summed E-state index contributed by atoms with van der Waals surface area (Å²) >= 11 is 0. The minimum atomic E-state index is -0.638. The summed E-state index contributed by atoms with van der Waals surface area (Å²) < 4.78 is 14.0. The molecular weight excluding hydrogens is 495 g/mol. The van der Waals surface area contributed by atoms with Crippen LogP contribution in [-0.4, -0.2) is 41.6 Å². The van der Waals surface area contributed by atoms with Crippen molar-refractivity contribution in [3.63, 3.8) is 0 Å². The molecule has 9 heteroatoms. The van der Waals surface area contributed by atoms with Gasteiger partial charge in [0, 0.05) is 28.7 Å². The Morgan fingerprint density at radius 1 is 1.00 bits per heavy atom. The second-order valence-electron chi connectivity index (χ2n) is 9.58. The third-order valence-corrected chi connectivity index (χ3v) is 6.72. The number of aromatic hydroxyl groups is 1. The fourth-order valence-corrected chi connectivity index (χ4v) is 4.83. The van der Waals surface area contributed by atoms with Crippen LogP contribution in [0.2, 0.25) is 0 Å². The van der Waals surface area contributed by atoms with E-state index < -0.39 is 12.0 Å². The van der Waals surface area contributed by atoms with Crippen LogP contribution in [-0.2, 0) is 0 Å². The van der Waals surface area contributed by atoms with Crippen molar-refractivity contribution in [2.75, 3.05) is 5.32 Å². The van der Waals surface area contributed by atoms with Gasteiger partial charge in [-0.3, -0.25) is 10.1 Å². The lowest BCUT2D eigenvalue weighted by Crippen LogP contribution is -2.18. The molecule has 0 spiro atoms. The number of anilines is 1. The molecule has 196 valence electrons. The molecule has 0 aliphatic rings. The first-order chi connectivity index (χ1) is 19.0. The lowest BCUT2D eigenvalue weighted by atomic mass is 10.0. The molecule has 0 fully saturated rings. The normalized spacial score (nSPS) is 12.3. The minimum absolute atomic E-state index is 0.128. The average Bonchev–Trinajstić information content (AvgIpc) is 3.55. The summed E-state index contributed by atoms with van der Waals surface area (Å²) in [5.41, 5.74) is 7.32. The highest BCUT2D eigenvalue weighted by Gasteiger charge is 2.16. The Kier molecular flexibility index (Phi) is 6.42. The monoisotopic (exact) mass is 522 g/mol. The van der Waals surface area contributed by atoms with Gasteiger partial charge >= 0.3 is 0 Å². The first kappa shape index (κ1) is 24.6. The summed E-state index contributed by atoms with van der Waals surface area (Å²) in [6.45, 7) is 2.09. The number of rotatable bonds is 8. The van der Waals surface area contributed by atoms with Crippen LogP contribution in [0.1, 0.15) is 26.2 Å². The van der Waals surface area contributed by atoms with E-state index in [0.29, 0.717) is 23.2 Å². The molecule has 6 rings (SSSR count). The number of hydrogen-bond donors (Lipinski definition) is 5. The standard InChI is InChI=1S/C30H27FN6O2/c1-2-3-7-28(39)33-20-11-18(15-32-16-20)24-8-9-26-29(35-24)30(37-36-26)27-14-23-22(5-4-6-25(23)34-27)17-10-19(31)13-21(38)12-17/h4-6,8-16,28,33-34,38-39H,2-3,7H2,1H3,(H,36,37). The number of nitrogens with one attached hydrogen (secondary N) is 3. The Bertz CT molecular complexity index is 1770. The minimum Gasteiger partial charge on any atom is -0.508 e. The zero-order valence-corrected chi connectivity index (χ0v) is 21.2. The predicted octanol–water partition coefficient (Wildman–Crippen LogP) is 6.60. The van der Waals surface area contributed by atoms with Gasteiger partial charge in [0.05, 0.1) is 28.8 Å². The second-order valence-corrected chi connectivity index (χ2v) is 9.58. The van der Waals surface area contributed by atoms with Crippen molar-refractivity contribution in [3.05, 3.63) is 78.9 Å². The summed E-state index contributed by atoms with van der Waals surface area (Å²) in [6, 6.07) is 17.4. The number of pyridine rings is 2. The molecule has 2 aromatic carbocycles. The van der Waals surface area contributed by atoms with E-state index in [4.69, 9.17) is 4.98 Å². The third kappa shape index (κ3) is 4.92. The van der Waals surface area contributed by atoms with Gasteiger partial charge in [-0.2, -0.15) is 5.10 Å². The molecule has 1 unspecified atom stereocenters. The van der Waals surface area contributed by atoms with Gasteiger partial charge in [-0.1, -0.05) is 25.5 Å². The molecular formula is C30H27FN6O2. The Morgan fingerprint density at radius 3 is 2.74 bits per heavy atom. The Morgan fingerprint density at radius 2 is 1.90 bits per heavy atom. The van der Waals surface area contributed by atoms with Crippen molar-refractivity contribution in [1.29, 1.82) is 0 Å². The number of phenols is 1. The number of halogens is 1. The first-order valence-electron chi connectivity index (χ1n) is 12.9. The maximum Gasteiger partial charge on any atom is 0.135 e. The van der Waals surface area contributed by atoms with Crippen molar-refractivity contribution in [3.8, 4) is 39.5 Å². The quantitative estimate of drug-likeness (QED) is 0.144. The van der Waals surface area contributed by atoms with Gasteiger partial charge in [0.15, 0.2) is 0 Å². The molecule has 0 radical (unpaired) electrons. The van der Waals surface area contributed by atoms with Crippen molar-refractivity contribution < 1.29 is 14.6 Å². The van der Waals surface area contributed by atoms with Crippen LogP contribution in [0.5, 0.6) is 5.75 Å². The average molecular weight is 523 g/mol. The molecule has 4 aromatic heterocycles. The van der Waals surface area contributed by atoms with E-state index in [1.54, 1.807) is 18.5 Å². The molecule has 0 saturated carbocycles. The lowest BCUT2D eigenvalue weighted by molar-refractivity contribution is 0.190. The Balaban J connectivity index is 1.37. The van der Waals surface area contributed by atoms with Crippen LogP contribution in [0.4, 0.5) is 10.1 Å². The number of aromatic nitrogens is 5. The molecule has 4 heterocycles. The molecule has 0 amide bonds. The van der Waals surface area contributed by atoms with E-state index in [-0.39, 0.29) is 5.75 Å². The number of aliphatic hydroxyl groups excluding tert-OH is 1. The zero-order valence-electron chi connectivity index (χ0n) is 21.2. The van der Waals surface area contributed by atoms with Crippen LogP contribution < -0.4 is 5.32 Å². The molecule has 5 N–H and O–H groups in total. The number of benzene rings is 2. The van der Waals surface area contributed by atoms with Crippen molar-refractivity contribution in [2.45, 2.75) is 32.4 Å². The molecule has 0 aliphatic heterocycles. The lowest BCUT2D eigenvalue weighted by Gasteiger charge is -2.14. The molecule has 0 aliphatic carbocycles. The van der Waals surface area contributed by atoms with Gasteiger partial charge in [-0.25, -0.2) is 9.37 Å². The highest BCUT2D eigenvalue weighted by molar-refractivity contribution is 6.00. The molecule has 0 saturated heterocycles. The molecule has 0 bridgehead atoms. The largest absolute Gasteiger partial charge is 0.508 e. The van der Waals surface area contributed by atoms with E-state index in [2.05, 4.69) is 32.4 Å². The van der Waals surface area contributed by atoms with Gasteiger partial charge in [0.2, 0.25) is 0 Å². The summed E-state index contributed by atoms with van der Waals surface area (Å²) in [5.74, 6) is -0.631. The van der Waals surface area contributed by atoms with Crippen molar-refractivity contribution in [1.82, 2.24) is 25.1 Å². The number of phenolic OH excluding ortho intramolecular Hbond substituents is 1. The van der Waals surface area contributed by atoms with Gasteiger partial charge < -0.3 is 20.5 Å². The second kappa shape index (κ2) is 10.2. The summed E-state index contributed by atoms with van der Waals surface area (Å²) in [6.07, 6.45) is 5.39. The van der Waals surface area contributed by atoms with E-state index in [0.717, 1.165) is 63.5 Å². The van der Waals surface area contributed by atoms with E-state index in [1.165, 1.54) is 6.07 Å². The summed E-state index contributed by atoms with van der Waals surface area (Å²) in [4.78, 5) is 12.6. The number of fused-ring (bicyclic) bond motifs is 2. The number of hydrogen-bond acceptors (Lipinski definition) is 6. The Labute approximate surface area is 223 Å². The number of aromatic amines is 2. The Hall–Kier alpha value is -4.76. The maximum atomic E-state index is 14.0. The SMILES string of the molecule is CCCCC(O)Nc1cncc(-c2ccc3[nH]nc(-c4cc5c(-c6cc(O)cc(F)c6)cccc5[nH]4)c3n2)c1. The fraction of sp³-hybridized carbons (Fsp3) is 0.167. The van der Waals surface area contributed by atoms with Gasteiger partial charge in [0.25, 0.3) is 0 Å². The molecule has 39 heavy (non-hydrogen) atoms. The smallest absolute Gasteiger partial charge is 0.135 e.